The highest BCUT2D eigenvalue weighted by molar-refractivity contribution is 5.83. The molecule has 1 aliphatic carbocycles. The maximum atomic E-state index is 12.4. The van der Waals surface area contributed by atoms with Crippen molar-refractivity contribution in [2.45, 2.75) is 58.2 Å². The summed E-state index contributed by atoms with van der Waals surface area (Å²) in [5.41, 5.74) is 0.0419. The van der Waals surface area contributed by atoms with Gasteiger partial charge in [-0.25, -0.2) is 19.4 Å². The van der Waals surface area contributed by atoms with Gasteiger partial charge in [0.2, 0.25) is 6.08 Å². The van der Waals surface area contributed by atoms with Gasteiger partial charge in [0.05, 0.1) is 6.04 Å². The highest BCUT2D eigenvalue weighted by Gasteiger charge is 2.41. The normalized spacial score (nSPS) is 25.2. The topological polar surface area (TPSA) is 128 Å². The van der Waals surface area contributed by atoms with Gasteiger partial charge in [-0.1, -0.05) is 51.1 Å². The molecule has 4 N–H and O–H groups in total. The Labute approximate surface area is 170 Å². The van der Waals surface area contributed by atoms with Gasteiger partial charge in [-0.3, -0.25) is 0 Å². The smallest absolute Gasteiger partial charge is 0.329 e. The third-order valence-corrected chi connectivity index (χ3v) is 5.34. The molecule has 0 aromatic heterocycles. The van der Waals surface area contributed by atoms with E-state index in [9.17, 15) is 24.6 Å². The number of aliphatic carboxylic acids is 1. The Hall–Kier alpha value is -2.70. The molecule has 4 unspecified atom stereocenters. The molecule has 158 valence electrons. The van der Waals surface area contributed by atoms with E-state index < -0.39 is 24.1 Å². The number of rotatable bonds is 7. The van der Waals surface area contributed by atoms with Crippen LogP contribution < -0.4 is 10.6 Å². The number of urea groups is 1. The number of hydrogen-bond donors (Lipinski definition) is 4. The lowest BCUT2D eigenvalue weighted by atomic mass is 9.63. The summed E-state index contributed by atoms with van der Waals surface area (Å²) in [5.74, 6) is -1.33. The van der Waals surface area contributed by atoms with Crippen molar-refractivity contribution in [3.05, 3.63) is 35.9 Å². The van der Waals surface area contributed by atoms with Crippen molar-refractivity contribution in [1.29, 1.82) is 0 Å². The fourth-order valence-electron chi connectivity index (χ4n) is 4.48. The Morgan fingerprint density at radius 3 is 2.48 bits per heavy atom. The molecule has 0 aliphatic heterocycles. The van der Waals surface area contributed by atoms with Crippen molar-refractivity contribution >= 4 is 18.1 Å². The first-order valence-electron chi connectivity index (χ1n) is 9.62. The number of nitrogens with zero attached hydrogens (tertiary/aromatic N) is 1. The van der Waals surface area contributed by atoms with Gasteiger partial charge in [-0.15, -0.1) is 0 Å². The van der Waals surface area contributed by atoms with Crippen LogP contribution >= 0.6 is 0 Å². The molecule has 1 saturated carbocycles. The van der Waals surface area contributed by atoms with Crippen LogP contribution in [-0.2, 0) is 9.59 Å². The summed E-state index contributed by atoms with van der Waals surface area (Å²) in [6.07, 6.45) is 2.46. The first-order chi connectivity index (χ1) is 13.6. The Kier molecular flexibility index (Phi) is 7.16. The van der Waals surface area contributed by atoms with E-state index in [0.29, 0.717) is 18.5 Å². The Morgan fingerprint density at radius 2 is 1.90 bits per heavy atom. The molecule has 0 heterocycles. The van der Waals surface area contributed by atoms with Crippen molar-refractivity contribution in [2.75, 3.05) is 6.54 Å². The molecule has 8 heteroatoms. The zero-order valence-corrected chi connectivity index (χ0v) is 17.0. The molecule has 2 rings (SSSR count). The van der Waals surface area contributed by atoms with Crippen LogP contribution in [0.5, 0.6) is 0 Å². The number of hydrogen-bond acceptors (Lipinski definition) is 5. The fraction of sp³-hybridized carbons (Fsp3) is 0.571. The average molecular weight is 403 g/mol. The molecular formula is C21H29N3O5. The van der Waals surface area contributed by atoms with E-state index in [-0.39, 0.29) is 16.9 Å². The summed E-state index contributed by atoms with van der Waals surface area (Å²) in [6.45, 7) is 6.49. The van der Waals surface area contributed by atoms with Crippen LogP contribution in [-0.4, -0.2) is 46.9 Å². The maximum Gasteiger partial charge on any atom is 0.329 e. The molecule has 0 radical (unpaired) electrons. The maximum absolute atomic E-state index is 12.4. The van der Waals surface area contributed by atoms with Crippen molar-refractivity contribution < 1.29 is 24.6 Å². The molecule has 29 heavy (non-hydrogen) atoms. The Bertz CT molecular complexity index is 776. The van der Waals surface area contributed by atoms with E-state index >= 15 is 0 Å². The second kappa shape index (κ2) is 9.20. The number of carboxylic acids is 1. The van der Waals surface area contributed by atoms with E-state index in [1.54, 1.807) is 36.4 Å². The number of amides is 2. The van der Waals surface area contributed by atoms with E-state index in [2.05, 4.69) is 29.5 Å². The lowest BCUT2D eigenvalue weighted by molar-refractivity contribution is -0.142. The van der Waals surface area contributed by atoms with Crippen LogP contribution in [0.1, 0.15) is 51.7 Å². The van der Waals surface area contributed by atoms with Crippen LogP contribution in [0.4, 0.5) is 4.79 Å². The SMILES string of the molecule is CC1(C)CC(N=C=O)CC(C)(CNC(=O)NC(C(=O)O)C(O)c2ccccc2)C1. The number of carbonyl (C=O) groups is 2. The molecule has 2 amide bonds. The zero-order chi connectivity index (χ0) is 21.7. The van der Waals surface area contributed by atoms with E-state index in [1.165, 1.54) is 0 Å². The predicted octanol–water partition coefficient (Wildman–Crippen LogP) is 2.39. The Balaban J connectivity index is 2.01. The number of nitrogens with one attached hydrogen (secondary N) is 2. The van der Waals surface area contributed by atoms with Gasteiger partial charge in [-0.2, -0.15) is 0 Å². The highest BCUT2D eigenvalue weighted by atomic mass is 16.4. The standard InChI is InChI=1S/C21H29N3O5/c1-20(2)9-15(23-13-25)10-21(3,11-20)12-22-19(29)24-16(18(27)28)17(26)14-7-5-4-6-8-14/h4-8,15-17,26H,9-12H2,1-3H3,(H,27,28)(H2,22,24,29). The van der Waals surface area contributed by atoms with Gasteiger partial charge < -0.3 is 20.8 Å². The van der Waals surface area contributed by atoms with Crippen LogP contribution in [0.2, 0.25) is 0 Å². The van der Waals surface area contributed by atoms with Gasteiger partial charge in [0.25, 0.3) is 0 Å². The van der Waals surface area contributed by atoms with Crippen LogP contribution in [0.15, 0.2) is 35.3 Å². The number of aliphatic imine (C=N–C) groups is 1. The lowest BCUT2D eigenvalue weighted by Crippen LogP contribution is -2.52. The molecular weight excluding hydrogens is 374 g/mol. The van der Waals surface area contributed by atoms with Crippen molar-refractivity contribution in [1.82, 2.24) is 10.6 Å². The van der Waals surface area contributed by atoms with Gasteiger partial charge in [0.15, 0.2) is 6.04 Å². The second-order valence-corrected chi connectivity index (χ2v) is 8.93. The molecule has 0 spiro atoms. The number of isocyanates is 1. The van der Waals surface area contributed by atoms with Crippen LogP contribution in [0.3, 0.4) is 0 Å². The molecule has 1 aliphatic rings. The second-order valence-electron chi connectivity index (χ2n) is 8.93. The van der Waals surface area contributed by atoms with E-state index in [4.69, 9.17) is 0 Å². The summed E-state index contributed by atoms with van der Waals surface area (Å²) < 4.78 is 0. The number of aliphatic hydroxyl groups is 1. The van der Waals surface area contributed by atoms with Gasteiger partial charge in [-0.05, 0) is 35.7 Å². The molecule has 4 atom stereocenters. The van der Waals surface area contributed by atoms with Crippen molar-refractivity contribution in [3.8, 4) is 0 Å². The minimum Gasteiger partial charge on any atom is -0.480 e. The summed E-state index contributed by atoms with van der Waals surface area (Å²) in [7, 11) is 0. The Morgan fingerprint density at radius 1 is 1.24 bits per heavy atom. The van der Waals surface area contributed by atoms with Gasteiger partial charge >= 0.3 is 12.0 Å². The first-order valence-corrected chi connectivity index (χ1v) is 9.62. The highest BCUT2D eigenvalue weighted by Crippen LogP contribution is 2.46. The summed E-state index contributed by atoms with van der Waals surface area (Å²) in [4.78, 5) is 38.5. The van der Waals surface area contributed by atoms with Gasteiger partial charge in [0.1, 0.15) is 6.10 Å². The fourth-order valence-corrected chi connectivity index (χ4v) is 4.48. The minimum atomic E-state index is -1.49. The van der Waals surface area contributed by atoms with Crippen LogP contribution in [0, 0.1) is 10.8 Å². The molecule has 8 nitrogen and oxygen atoms in total. The average Bonchev–Trinajstić information content (AvgIpc) is 2.63. The summed E-state index contributed by atoms with van der Waals surface area (Å²) in [5, 5.41) is 24.9. The van der Waals surface area contributed by atoms with E-state index in [1.807, 2.05) is 6.92 Å². The number of benzene rings is 1. The third kappa shape index (κ3) is 6.41. The molecule has 1 fully saturated rings. The molecule has 0 bridgehead atoms. The molecule has 1 aromatic carbocycles. The van der Waals surface area contributed by atoms with E-state index in [0.717, 1.165) is 12.8 Å². The van der Waals surface area contributed by atoms with Crippen LogP contribution in [0.25, 0.3) is 0 Å². The lowest BCUT2D eigenvalue weighted by Gasteiger charge is -2.45. The van der Waals surface area contributed by atoms with Gasteiger partial charge in [0, 0.05) is 6.54 Å². The molecule has 0 saturated heterocycles. The first kappa shape index (κ1) is 22.6. The quantitative estimate of drug-likeness (QED) is 0.410. The number of carbonyl (C=O) groups excluding carboxylic acids is 2. The number of carboxylic acid groups (broad SMARTS) is 1. The summed E-state index contributed by atoms with van der Waals surface area (Å²) in [6, 6.07) is 5.99. The number of aliphatic hydroxyl groups excluding tert-OH is 1. The third-order valence-electron chi connectivity index (χ3n) is 5.34. The summed E-state index contributed by atoms with van der Waals surface area (Å²) >= 11 is 0. The zero-order valence-electron chi connectivity index (χ0n) is 17.0. The largest absolute Gasteiger partial charge is 0.480 e. The van der Waals surface area contributed by atoms with Crippen molar-refractivity contribution in [3.63, 3.8) is 0 Å². The minimum absolute atomic E-state index is 0.0523. The molecule has 1 aromatic rings. The van der Waals surface area contributed by atoms with Crippen molar-refractivity contribution in [2.24, 2.45) is 15.8 Å². The monoisotopic (exact) mass is 403 g/mol. The predicted molar refractivity (Wildman–Crippen MR) is 107 cm³/mol.